The molecule has 3 aromatic carbocycles. The molecule has 0 bridgehead atoms. The van der Waals surface area contributed by atoms with E-state index in [1.165, 1.54) is 12.1 Å². The van der Waals surface area contributed by atoms with Crippen molar-refractivity contribution in [1.29, 1.82) is 0 Å². The van der Waals surface area contributed by atoms with Crippen molar-refractivity contribution in [3.63, 3.8) is 0 Å². The van der Waals surface area contributed by atoms with Crippen LogP contribution in [0.4, 0.5) is 15.3 Å². The molecule has 0 saturated heterocycles. The number of nitrogen functional groups attached to an aromatic ring is 2. The van der Waals surface area contributed by atoms with Crippen LogP contribution in [0.15, 0.2) is 53.4 Å². The molecule has 7 heteroatoms. The highest BCUT2D eigenvalue weighted by atomic mass is 32.3. The Morgan fingerprint density at radius 2 is 1.88 bits per heavy atom. The lowest BCUT2D eigenvalue weighted by atomic mass is 10.1. The number of ether oxygens (including phenoxy) is 1. The summed E-state index contributed by atoms with van der Waals surface area (Å²) in [6, 6.07) is 12.8. The molecule has 3 rings (SSSR count). The Bertz CT molecular complexity index is 1150. The maximum Gasteiger partial charge on any atom is 0.333 e. The topological polar surface area (TPSA) is 95.4 Å². The first kappa shape index (κ1) is 17.6. The van der Waals surface area contributed by atoms with Crippen molar-refractivity contribution in [2.24, 2.45) is 0 Å². The van der Waals surface area contributed by atoms with Gasteiger partial charge in [-0.25, -0.2) is 0 Å². The Morgan fingerprint density at radius 3 is 2.58 bits per heavy atom. The van der Waals surface area contributed by atoms with Crippen molar-refractivity contribution >= 4 is 32.4 Å². The summed E-state index contributed by atoms with van der Waals surface area (Å²) in [7, 11) is -4.88. The molecular weight excluding hydrogens is 355 g/mol. The normalized spacial score (nSPS) is 11.2. The summed E-state index contributed by atoms with van der Waals surface area (Å²) >= 11 is 0. The third kappa shape index (κ3) is 3.41. The van der Waals surface area contributed by atoms with Crippen LogP contribution in [-0.4, -0.2) is 8.42 Å². The Morgan fingerprint density at radius 1 is 1.12 bits per heavy atom. The van der Waals surface area contributed by atoms with Gasteiger partial charge in [0.05, 0.1) is 0 Å². The lowest BCUT2D eigenvalue weighted by molar-refractivity contribution is 0.310. The maximum atomic E-state index is 13.2. The molecular formula is C19H15FN2O3S. The van der Waals surface area contributed by atoms with Gasteiger partial charge in [0.25, 0.3) is 0 Å². The molecule has 0 atom stereocenters. The van der Waals surface area contributed by atoms with Crippen LogP contribution < -0.4 is 16.2 Å². The van der Waals surface area contributed by atoms with Crippen LogP contribution in [0, 0.1) is 12.3 Å². The zero-order valence-electron chi connectivity index (χ0n) is 13.6. The van der Waals surface area contributed by atoms with Crippen molar-refractivity contribution < 1.29 is 17.0 Å². The van der Waals surface area contributed by atoms with E-state index in [4.69, 9.17) is 22.6 Å². The van der Waals surface area contributed by atoms with Gasteiger partial charge in [-0.05, 0) is 41.3 Å². The van der Waals surface area contributed by atoms with Crippen LogP contribution >= 0.6 is 0 Å². The van der Waals surface area contributed by atoms with Crippen LogP contribution in [0.2, 0.25) is 0 Å². The van der Waals surface area contributed by atoms with Crippen molar-refractivity contribution in [2.75, 3.05) is 11.5 Å². The van der Waals surface area contributed by atoms with Crippen molar-refractivity contribution in [2.45, 2.75) is 11.5 Å². The molecule has 26 heavy (non-hydrogen) atoms. The second kappa shape index (κ2) is 6.58. The molecule has 132 valence electrons. The average Bonchev–Trinajstić information content (AvgIpc) is 2.58. The van der Waals surface area contributed by atoms with Gasteiger partial charge < -0.3 is 16.2 Å². The summed E-state index contributed by atoms with van der Waals surface area (Å²) < 4.78 is 41.2. The van der Waals surface area contributed by atoms with E-state index in [0.717, 1.165) is 16.8 Å². The number of nitrogens with two attached hydrogens (primary N) is 2. The van der Waals surface area contributed by atoms with Gasteiger partial charge in [0, 0.05) is 22.3 Å². The molecule has 0 aliphatic carbocycles. The number of halogens is 1. The van der Waals surface area contributed by atoms with Gasteiger partial charge in [-0.1, -0.05) is 24.1 Å². The van der Waals surface area contributed by atoms with Crippen molar-refractivity contribution in [3.8, 4) is 18.1 Å². The molecule has 0 heterocycles. The van der Waals surface area contributed by atoms with E-state index in [-0.39, 0.29) is 12.2 Å². The molecule has 0 aliphatic heterocycles. The fraction of sp³-hybridized carbons (Fsp3) is 0.0526. The number of benzene rings is 3. The molecule has 0 saturated carbocycles. The number of rotatable bonds is 4. The highest BCUT2D eigenvalue weighted by Gasteiger charge is 2.17. The van der Waals surface area contributed by atoms with Crippen LogP contribution in [0.1, 0.15) is 11.1 Å². The van der Waals surface area contributed by atoms with Gasteiger partial charge in [0.15, 0.2) is 0 Å². The molecule has 3 aromatic rings. The smallest absolute Gasteiger partial charge is 0.333 e. The lowest BCUT2D eigenvalue weighted by Crippen LogP contribution is -2.01. The minimum atomic E-state index is -4.88. The first-order valence-corrected chi connectivity index (χ1v) is 8.92. The summed E-state index contributed by atoms with van der Waals surface area (Å²) in [5.74, 6) is 2.72. The zero-order valence-corrected chi connectivity index (χ0v) is 14.4. The Kier molecular flexibility index (Phi) is 4.45. The van der Waals surface area contributed by atoms with Crippen molar-refractivity contribution in [1.82, 2.24) is 0 Å². The molecule has 4 N–H and O–H groups in total. The Hall–Kier alpha value is -3.24. The number of terminal acetylenes is 1. The molecule has 0 fully saturated rings. The summed E-state index contributed by atoms with van der Waals surface area (Å²) in [4.78, 5) is -0.534. The molecule has 0 aliphatic rings. The highest BCUT2D eigenvalue weighted by Crippen LogP contribution is 2.33. The third-order valence-electron chi connectivity index (χ3n) is 3.85. The van der Waals surface area contributed by atoms with Crippen molar-refractivity contribution in [3.05, 3.63) is 59.7 Å². The Balaban J connectivity index is 1.93. The van der Waals surface area contributed by atoms with Crippen LogP contribution in [0.25, 0.3) is 10.8 Å². The number of hydrogen-bond donors (Lipinski definition) is 2. The monoisotopic (exact) mass is 370 g/mol. The van der Waals surface area contributed by atoms with E-state index in [9.17, 15) is 12.3 Å². The van der Waals surface area contributed by atoms with E-state index in [0.29, 0.717) is 22.7 Å². The minimum absolute atomic E-state index is 0.0567. The highest BCUT2D eigenvalue weighted by molar-refractivity contribution is 7.86. The van der Waals surface area contributed by atoms with Gasteiger partial charge in [0.1, 0.15) is 17.3 Å². The van der Waals surface area contributed by atoms with E-state index < -0.39 is 15.1 Å². The molecule has 0 spiro atoms. The number of anilines is 2. The summed E-state index contributed by atoms with van der Waals surface area (Å²) in [5.41, 5.74) is 13.4. The van der Waals surface area contributed by atoms with E-state index >= 15 is 0 Å². The molecule has 0 radical (unpaired) electrons. The first-order chi connectivity index (χ1) is 12.3. The third-order valence-corrected chi connectivity index (χ3v) is 4.73. The maximum absolute atomic E-state index is 13.2. The zero-order chi connectivity index (χ0) is 18.9. The molecule has 5 nitrogen and oxygen atoms in total. The fourth-order valence-electron chi connectivity index (χ4n) is 2.72. The fourth-order valence-corrected chi connectivity index (χ4v) is 3.34. The second-order valence-corrected chi connectivity index (χ2v) is 6.98. The standard InChI is InChI=1S/C19H15FN2O3S/c1-2-13-8-12(6-7-18(13)26(20,23)24)11-25-17-5-3-4-14-9-15(21)10-16(22)19(14)17/h1,3-10H,11,21-22H2. The Labute approximate surface area is 150 Å². The van der Waals surface area contributed by atoms with Gasteiger partial charge in [-0.2, -0.15) is 8.42 Å². The first-order valence-electron chi connectivity index (χ1n) is 7.54. The summed E-state index contributed by atoms with van der Waals surface area (Å²) in [6.07, 6.45) is 5.28. The largest absolute Gasteiger partial charge is 0.488 e. The van der Waals surface area contributed by atoms with Crippen LogP contribution in [0.3, 0.4) is 0 Å². The minimum Gasteiger partial charge on any atom is -0.488 e. The summed E-state index contributed by atoms with van der Waals surface area (Å²) in [6.45, 7) is 0.101. The predicted molar refractivity (Wildman–Crippen MR) is 99.8 cm³/mol. The summed E-state index contributed by atoms with van der Waals surface area (Å²) in [5, 5.41) is 1.56. The van der Waals surface area contributed by atoms with Gasteiger partial charge >= 0.3 is 10.2 Å². The van der Waals surface area contributed by atoms with E-state index in [1.807, 2.05) is 12.1 Å². The van der Waals surface area contributed by atoms with Gasteiger partial charge in [-0.3, -0.25) is 0 Å². The quantitative estimate of drug-likeness (QED) is 0.418. The lowest BCUT2D eigenvalue weighted by Gasteiger charge is -2.12. The van der Waals surface area contributed by atoms with Crippen LogP contribution in [0.5, 0.6) is 5.75 Å². The molecule has 0 unspecified atom stereocenters. The van der Waals surface area contributed by atoms with E-state index in [2.05, 4.69) is 5.92 Å². The molecule has 0 amide bonds. The van der Waals surface area contributed by atoms with Crippen LogP contribution in [-0.2, 0) is 16.8 Å². The van der Waals surface area contributed by atoms with E-state index in [1.54, 1.807) is 18.2 Å². The average molecular weight is 370 g/mol. The second-order valence-electron chi connectivity index (χ2n) is 5.67. The number of fused-ring (bicyclic) bond motifs is 1. The van der Waals surface area contributed by atoms with Gasteiger partial charge in [0.2, 0.25) is 0 Å². The molecule has 0 aromatic heterocycles. The van der Waals surface area contributed by atoms with Gasteiger partial charge in [-0.15, -0.1) is 10.3 Å². The SMILES string of the molecule is C#Cc1cc(COc2cccc3cc(N)cc(N)c23)ccc1S(=O)(=O)F. The predicted octanol–water partition coefficient (Wildman–Crippen LogP) is 3.22. The number of hydrogen-bond acceptors (Lipinski definition) is 5.